The second-order valence-corrected chi connectivity index (χ2v) is 7.53. The number of rotatable bonds is 0. The van der Waals surface area contributed by atoms with E-state index in [4.69, 9.17) is 0 Å². The molecule has 1 aromatic rings. The molecule has 3 heterocycles. The summed E-state index contributed by atoms with van der Waals surface area (Å²) < 4.78 is 39.4. The predicted molar refractivity (Wildman–Crippen MR) is 91.3 cm³/mol. The molecule has 4 aliphatic rings. The monoisotopic (exact) mass is 360 g/mol. The van der Waals surface area contributed by atoms with Crippen LogP contribution in [0.4, 0.5) is 18.9 Å². The zero-order valence-electron chi connectivity index (χ0n) is 14.3. The SMILES string of the molecule is CC1C=CCC2C1C1Cc3cc(C(F)(F)F)ccc3N1C=C1N=NCN12. The summed E-state index contributed by atoms with van der Waals surface area (Å²) in [5, 5.41) is 8.48. The zero-order chi connectivity index (χ0) is 18.1. The van der Waals surface area contributed by atoms with E-state index >= 15 is 0 Å². The van der Waals surface area contributed by atoms with E-state index < -0.39 is 11.7 Å². The van der Waals surface area contributed by atoms with Crippen LogP contribution in [0.5, 0.6) is 0 Å². The maximum atomic E-state index is 13.1. The Labute approximate surface area is 149 Å². The lowest BCUT2D eigenvalue weighted by molar-refractivity contribution is -0.137. The van der Waals surface area contributed by atoms with E-state index in [1.165, 1.54) is 12.1 Å². The van der Waals surface area contributed by atoms with Gasteiger partial charge in [-0.15, -0.1) is 5.11 Å². The van der Waals surface area contributed by atoms with Gasteiger partial charge in [-0.3, -0.25) is 0 Å². The van der Waals surface area contributed by atoms with Gasteiger partial charge in [0, 0.05) is 29.9 Å². The van der Waals surface area contributed by atoms with Gasteiger partial charge in [0.15, 0.2) is 5.82 Å². The average Bonchev–Trinajstić information content (AvgIpc) is 3.16. The maximum absolute atomic E-state index is 13.1. The van der Waals surface area contributed by atoms with Gasteiger partial charge < -0.3 is 9.80 Å². The molecular weight excluding hydrogens is 341 g/mol. The van der Waals surface area contributed by atoms with Gasteiger partial charge in [-0.25, -0.2) is 0 Å². The number of hydrogen-bond donors (Lipinski definition) is 0. The Morgan fingerprint density at radius 3 is 2.85 bits per heavy atom. The molecule has 4 atom stereocenters. The van der Waals surface area contributed by atoms with E-state index in [0.29, 0.717) is 24.9 Å². The minimum absolute atomic E-state index is 0.145. The predicted octanol–water partition coefficient (Wildman–Crippen LogP) is 4.56. The van der Waals surface area contributed by atoms with Crippen LogP contribution < -0.4 is 4.90 Å². The number of hydrogen-bond acceptors (Lipinski definition) is 4. The summed E-state index contributed by atoms with van der Waals surface area (Å²) >= 11 is 0. The standard InChI is InChI=1S/C19H19F3N4/c1-11-3-2-4-15-18(11)16-8-12-7-13(19(20,21)22)5-6-14(12)25(16)9-17-24-23-10-26(15)17/h2-3,5-7,9,11,15-16,18H,4,8,10H2,1H3. The molecule has 0 aromatic heterocycles. The molecule has 0 bridgehead atoms. The van der Waals surface area contributed by atoms with Crippen LogP contribution in [0.15, 0.2) is 52.6 Å². The third kappa shape index (κ3) is 2.22. The first-order chi connectivity index (χ1) is 12.4. The lowest BCUT2D eigenvalue weighted by atomic mass is 9.75. The van der Waals surface area contributed by atoms with Crippen LogP contribution in [0.1, 0.15) is 24.5 Å². The smallest absolute Gasteiger partial charge is 0.340 e. The van der Waals surface area contributed by atoms with E-state index in [2.05, 4.69) is 39.1 Å². The number of anilines is 1. The average molecular weight is 360 g/mol. The molecule has 0 saturated carbocycles. The van der Waals surface area contributed by atoms with Crippen LogP contribution in [0, 0.1) is 11.8 Å². The van der Waals surface area contributed by atoms with Crippen LogP contribution in [0.25, 0.3) is 0 Å². The molecule has 1 aliphatic carbocycles. The van der Waals surface area contributed by atoms with Crippen molar-refractivity contribution in [3.05, 3.63) is 53.5 Å². The van der Waals surface area contributed by atoms with E-state index in [1.807, 2.05) is 6.20 Å². The normalized spacial score (nSPS) is 31.9. The molecule has 26 heavy (non-hydrogen) atoms. The molecule has 0 N–H and O–H groups in total. The van der Waals surface area contributed by atoms with Gasteiger partial charge in [0.25, 0.3) is 0 Å². The summed E-state index contributed by atoms with van der Waals surface area (Å²) in [7, 11) is 0. The van der Waals surface area contributed by atoms with E-state index in [0.717, 1.165) is 23.5 Å². The molecule has 0 spiro atoms. The molecule has 1 aromatic carbocycles. The number of benzene rings is 1. The second-order valence-electron chi connectivity index (χ2n) is 7.53. The Morgan fingerprint density at radius 2 is 2.04 bits per heavy atom. The van der Waals surface area contributed by atoms with Crippen molar-refractivity contribution in [2.45, 2.75) is 38.0 Å². The molecule has 5 rings (SSSR count). The molecule has 3 aliphatic heterocycles. The Kier molecular flexibility index (Phi) is 3.27. The number of alkyl halides is 3. The fraction of sp³-hybridized carbons (Fsp3) is 0.474. The molecule has 136 valence electrons. The van der Waals surface area contributed by atoms with Crippen molar-refractivity contribution in [2.24, 2.45) is 22.1 Å². The third-order valence-electron chi connectivity index (χ3n) is 6.12. The summed E-state index contributed by atoms with van der Waals surface area (Å²) in [6.07, 6.45) is 3.66. The molecule has 0 amide bonds. The van der Waals surface area contributed by atoms with Crippen molar-refractivity contribution in [2.75, 3.05) is 11.6 Å². The number of fused-ring (bicyclic) bond motifs is 7. The van der Waals surface area contributed by atoms with Crippen molar-refractivity contribution in [3.63, 3.8) is 0 Å². The lowest BCUT2D eigenvalue weighted by Gasteiger charge is -2.41. The van der Waals surface area contributed by atoms with Gasteiger partial charge in [-0.2, -0.15) is 18.3 Å². The number of allylic oxidation sites excluding steroid dienone is 1. The first-order valence-corrected chi connectivity index (χ1v) is 8.94. The van der Waals surface area contributed by atoms with Crippen LogP contribution in [-0.4, -0.2) is 23.7 Å². The second kappa shape index (κ2) is 5.34. The van der Waals surface area contributed by atoms with Gasteiger partial charge in [0.2, 0.25) is 0 Å². The Morgan fingerprint density at radius 1 is 1.19 bits per heavy atom. The van der Waals surface area contributed by atoms with Crippen molar-refractivity contribution in [1.29, 1.82) is 0 Å². The van der Waals surface area contributed by atoms with E-state index in [-0.39, 0.29) is 12.1 Å². The first kappa shape index (κ1) is 15.9. The molecule has 4 nitrogen and oxygen atoms in total. The molecule has 0 saturated heterocycles. The molecule has 0 radical (unpaired) electrons. The summed E-state index contributed by atoms with van der Waals surface area (Å²) in [5.74, 6) is 1.49. The van der Waals surface area contributed by atoms with Crippen molar-refractivity contribution in [3.8, 4) is 0 Å². The summed E-state index contributed by atoms with van der Waals surface area (Å²) in [6.45, 7) is 2.76. The van der Waals surface area contributed by atoms with Gasteiger partial charge in [-0.1, -0.05) is 19.1 Å². The van der Waals surface area contributed by atoms with Gasteiger partial charge in [0.05, 0.1) is 5.56 Å². The van der Waals surface area contributed by atoms with Crippen LogP contribution in [0.2, 0.25) is 0 Å². The summed E-state index contributed by atoms with van der Waals surface area (Å²) in [6, 6.07) is 4.53. The van der Waals surface area contributed by atoms with Crippen molar-refractivity contribution < 1.29 is 13.2 Å². The lowest BCUT2D eigenvalue weighted by Crippen LogP contribution is -2.48. The molecule has 0 fully saturated rings. The summed E-state index contributed by atoms with van der Waals surface area (Å²) in [5.41, 5.74) is 1.06. The number of azo groups is 1. The van der Waals surface area contributed by atoms with Crippen LogP contribution >= 0.6 is 0 Å². The first-order valence-electron chi connectivity index (χ1n) is 8.94. The van der Waals surface area contributed by atoms with Crippen molar-refractivity contribution >= 4 is 5.69 Å². The van der Waals surface area contributed by atoms with Gasteiger partial charge in [0.1, 0.15) is 6.67 Å². The van der Waals surface area contributed by atoms with Crippen molar-refractivity contribution in [1.82, 2.24) is 4.90 Å². The highest BCUT2D eigenvalue weighted by Crippen LogP contribution is 2.47. The minimum atomic E-state index is -4.31. The Hall–Kier alpha value is -2.31. The quantitative estimate of drug-likeness (QED) is 0.636. The highest BCUT2D eigenvalue weighted by atomic mass is 19.4. The van der Waals surface area contributed by atoms with Gasteiger partial charge >= 0.3 is 6.18 Å². The highest BCUT2D eigenvalue weighted by molar-refractivity contribution is 5.64. The Bertz CT molecular complexity index is 842. The molecule has 4 unspecified atom stereocenters. The van der Waals surface area contributed by atoms with E-state index in [1.54, 1.807) is 6.07 Å². The molecular formula is C19H19F3N4. The molecule has 7 heteroatoms. The minimum Gasteiger partial charge on any atom is -0.340 e. The van der Waals surface area contributed by atoms with Crippen LogP contribution in [-0.2, 0) is 12.6 Å². The largest absolute Gasteiger partial charge is 0.416 e. The van der Waals surface area contributed by atoms with E-state index in [9.17, 15) is 13.2 Å². The zero-order valence-corrected chi connectivity index (χ0v) is 14.3. The van der Waals surface area contributed by atoms with Crippen LogP contribution in [0.3, 0.4) is 0 Å². The topological polar surface area (TPSA) is 31.2 Å². The Balaban J connectivity index is 1.62. The third-order valence-corrected chi connectivity index (χ3v) is 6.12. The summed E-state index contributed by atoms with van der Waals surface area (Å²) in [4.78, 5) is 4.38. The number of halogens is 3. The van der Waals surface area contributed by atoms with Gasteiger partial charge in [-0.05, 0) is 42.5 Å². The fourth-order valence-corrected chi connectivity index (χ4v) is 4.98. The fourth-order valence-electron chi connectivity index (χ4n) is 4.98. The maximum Gasteiger partial charge on any atom is 0.416 e. The number of nitrogens with zero attached hydrogens (tertiary/aromatic N) is 4. The highest BCUT2D eigenvalue weighted by Gasteiger charge is 2.47.